The van der Waals surface area contributed by atoms with Crippen LogP contribution in [0.5, 0.6) is 0 Å². The first-order valence-electron chi connectivity index (χ1n) is 8.24. The van der Waals surface area contributed by atoms with Crippen LogP contribution in [0.4, 0.5) is 0 Å². The third-order valence-corrected chi connectivity index (χ3v) is 4.74. The molecule has 3 heteroatoms. The summed E-state index contributed by atoms with van der Waals surface area (Å²) in [5.41, 5.74) is 4.52. The Bertz CT molecular complexity index is 849. The van der Waals surface area contributed by atoms with Crippen LogP contribution in [-0.2, 0) is 12.8 Å². The number of hydrogen-bond donors (Lipinski definition) is 2. The van der Waals surface area contributed by atoms with E-state index >= 15 is 0 Å². The van der Waals surface area contributed by atoms with Crippen molar-refractivity contribution in [2.24, 2.45) is 0 Å². The Balaban J connectivity index is 1.52. The summed E-state index contributed by atoms with van der Waals surface area (Å²) < 4.78 is 0. The maximum Gasteiger partial charge on any atom is 0.251 e. The molecule has 0 radical (unpaired) electrons. The first-order valence-corrected chi connectivity index (χ1v) is 8.24. The zero-order valence-corrected chi connectivity index (χ0v) is 13.0. The van der Waals surface area contributed by atoms with Crippen molar-refractivity contribution in [1.82, 2.24) is 10.3 Å². The molecule has 3 aromatic rings. The standard InChI is InChI=1S/C20H20N2O/c23-20(17-9-8-15-10-11-21-19(15)13-17)22-18-7-3-6-14-4-1-2-5-16(14)12-18/h1-2,4-5,8-11,13,18,21H,3,6-7,12H2,(H,22,23). The SMILES string of the molecule is O=C(NC1CCCc2ccccc2C1)c1ccc2cc[nH]c2c1. The van der Waals surface area contributed by atoms with Gasteiger partial charge in [-0.3, -0.25) is 4.79 Å². The molecule has 1 aliphatic rings. The molecule has 0 saturated carbocycles. The van der Waals surface area contributed by atoms with Crippen molar-refractivity contribution < 1.29 is 4.79 Å². The van der Waals surface area contributed by atoms with Crippen LogP contribution in [-0.4, -0.2) is 16.9 Å². The van der Waals surface area contributed by atoms with Crippen LogP contribution < -0.4 is 5.32 Å². The maximum absolute atomic E-state index is 12.6. The summed E-state index contributed by atoms with van der Waals surface area (Å²) >= 11 is 0. The van der Waals surface area contributed by atoms with Crippen molar-refractivity contribution in [3.63, 3.8) is 0 Å². The topological polar surface area (TPSA) is 44.9 Å². The van der Waals surface area contributed by atoms with Gasteiger partial charge in [0.15, 0.2) is 0 Å². The number of nitrogens with one attached hydrogen (secondary N) is 2. The minimum Gasteiger partial charge on any atom is -0.361 e. The number of amides is 1. The van der Waals surface area contributed by atoms with E-state index in [2.05, 4.69) is 34.6 Å². The number of H-pyrrole nitrogens is 1. The van der Waals surface area contributed by atoms with Gasteiger partial charge in [-0.05, 0) is 60.4 Å². The number of hydrogen-bond acceptors (Lipinski definition) is 1. The molecule has 4 rings (SSSR count). The Kier molecular flexibility index (Phi) is 3.62. The molecular weight excluding hydrogens is 284 g/mol. The highest BCUT2D eigenvalue weighted by Crippen LogP contribution is 2.21. The highest BCUT2D eigenvalue weighted by molar-refractivity contribution is 5.98. The first-order chi connectivity index (χ1) is 11.3. The van der Waals surface area contributed by atoms with Gasteiger partial charge in [-0.1, -0.05) is 30.3 Å². The predicted octanol–water partition coefficient (Wildman–Crippen LogP) is 3.85. The number of rotatable bonds is 2. The molecule has 23 heavy (non-hydrogen) atoms. The Morgan fingerprint density at radius 1 is 1.09 bits per heavy atom. The fourth-order valence-corrected chi connectivity index (χ4v) is 3.49. The van der Waals surface area contributed by atoms with Crippen molar-refractivity contribution in [3.8, 4) is 0 Å². The fraction of sp³-hybridized carbons (Fsp3) is 0.250. The van der Waals surface area contributed by atoms with Gasteiger partial charge in [-0.25, -0.2) is 0 Å². The lowest BCUT2D eigenvalue weighted by molar-refractivity contribution is 0.0935. The molecule has 2 aromatic carbocycles. The van der Waals surface area contributed by atoms with Gasteiger partial charge in [0, 0.05) is 23.3 Å². The van der Waals surface area contributed by atoms with Crippen LogP contribution in [0.3, 0.4) is 0 Å². The minimum absolute atomic E-state index is 0.0193. The highest BCUT2D eigenvalue weighted by Gasteiger charge is 2.19. The number of fused-ring (bicyclic) bond motifs is 2. The summed E-state index contributed by atoms with van der Waals surface area (Å²) in [5.74, 6) is 0.0193. The van der Waals surface area contributed by atoms with Crippen molar-refractivity contribution in [1.29, 1.82) is 0 Å². The van der Waals surface area contributed by atoms with Crippen molar-refractivity contribution in [2.75, 3.05) is 0 Å². The van der Waals surface area contributed by atoms with E-state index in [4.69, 9.17) is 0 Å². The number of aromatic amines is 1. The van der Waals surface area contributed by atoms with Gasteiger partial charge in [0.05, 0.1) is 0 Å². The second kappa shape index (κ2) is 5.92. The van der Waals surface area contributed by atoms with E-state index in [0.717, 1.165) is 42.1 Å². The fourth-order valence-electron chi connectivity index (χ4n) is 3.49. The molecule has 0 fully saturated rings. The zero-order valence-electron chi connectivity index (χ0n) is 13.0. The highest BCUT2D eigenvalue weighted by atomic mass is 16.1. The van der Waals surface area contributed by atoms with Crippen LogP contribution in [0.25, 0.3) is 10.9 Å². The van der Waals surface area contributed by atoms with Gasteiger partial charge in [0.25, 0.3) is 5.91 Å². The Morgan fingerprint density at radius 3 is 2.87 bits per heavy atom. The number of benzene rings is 2. The van der Waals surface area contributed by atoms with E-state index in [1.807, 2.05) is 30.5 Å². The van der Waals surface area contributed by atoms with Gasteiger partial charge in [0.2, 0.25) is 0 Å². The molecule has 1 aromatic heterocycles. The quantitative estimate of drug-likeness (QED) is 0.694. The molecule has 0 saturated heterocycles. The van der Waals surface area contributed by atoms with Crippen LogP contribution in [0.2, 0.25) is 0 Å². The largest absolute Gasteiger partial charge is 0.361 e. The average molecular weight is 304 g/mol. The normalized spacial score (nSPS) is 17.5. The zero-order chi connectivity index (χ0) is 15.6. The second-order valence-corrected chi connectivity index (χ2v) is 6.32. The number of carbonyl (C=O) groups excluding carboxylic acids is 1. The van der Waals surface area contributed by atoms with Crippen molar-refractivity contribution in [2.45, 2.75) is 31.7 Å². The van der Waals surface area contributed by atoms with Gasteiger partial charge >= 0.3 is 0 Å². The average Bonchev–Trinajstić information content (AvgIpc) is 2.94. The lowest BCUT2D eigenvalue weighted by Gasteiger charge is -2.17. The first kappa shape index (κ1) is 14.1. The minimum atomic E-state index is 0.0193. The van der Waals surface area contributed by atoms with E-state index in [0.29, 0.717) is 0 Å². The van der Waals surface area contributed by atoms with Gasteiger partial charge in [-0.15, -0.1) is 0 Å². The molecule has 1 unspecified atom stereocenters. The number of aryl methyl sites for hydroxylation is 1. The van der Waals surface area contributed by atoms with Crippen LogP contribution in [0, 0.1) is 0 Å². The summed E-state index contributed by atoms with van der Waals surface area (Å²) in [6.45, 7) is 0. The summed E-state index contributed by atoms with van der Waals surface area (Å²) in [7, 11) is 0. The van der Waals surface area contributed by atoms with Gasteiger partial charge in [0.1, 0.15) is 0 Å². The smallest absolute Gasteiger partial charge is 0.251 e. The molecule has 3 nitrogen and oxygen atoms in total. The molecule has 0 spiro atoms. The predicted molar refractivity (Wildman–Crippen MR) is 92.6 cm³/mol. The van der Waals surface area contributed by atoms with Crippen LogP contribution >= 0.6 is 0 Å². The van der Waals surface area contributed by atoms with E-state index in [9.17, 15) is 4.79 Å². The molecule has 1 heterocycles. The molecule has 2 N–H and O–H groups in total. The van der Waals surface area contributed by atoms with E-state index in [-0.39, 0.29) is 11.9 Å². The third kappa shape index (κ3) is 2.87. The van der Waals surface area contributed by atoms with Crippen molar-refractivity contribution in [3.05, 3.63) is 71.4 Å². The Hall–Kier alpha value is -2.55. The Morgan fingerprint density at radius 2 is 1.96 bits per heavy atom. The van der Waals surface area contributed by atoms with E-state index in [1.54, 1.807) is 0 Å². The third-order valence-electron chi connectivity index (χ3n) is 4.74. The number of carbonyl (C=O) groups is 1. The lowest BCUT2D eigenvalue weighted by atomic mass is 10.0. The summed E-state index contributed by atoms with van der Waals surface area (Å²) in [4.78, 5) is 15.7. The number of aromatic nitrogens is 1. The van der Waals surface area contributed by atoms with E-state index in [1.165, 1.54) is 11.1 Å². The summed E-state index contributed by atoms with van der Waals surface area (Å²) in [6, 6.07) is 16.6. The Labute approximate surface area is 135 Å². The maximum atomic E-state index is 12.6. The molecule has 1 amide bonds. The van der Waals surface area contributed by atoms with Gasteiger partial charge < -0.3 is 10.3 Å². The van der Waals surface area contributed by atoms with Crippen LogP contribution in [0.15, 0.2) is 54.7 Å². The molecular formula is C20H20N2O. The van der Waals surface area contributed by atoms with E-state index < -0.39 is 0 Å². The molecule has 0 bridgehead atoms. The van der Waals surface area contributed by atoms with Crippen LogP contribution in [0.1, 0.15) is 34.3 Å². The molecule has 1 aliphatic carbocycles. The van der Waals surface area contributed by atoms with Crippen molar-refractivity contribution >= 4 is 16.8 Å². The second-order valence-electron chi connectivity index (χ2n) is 6.32. The molecule has 116 valence electrons. The van der Waals surface area contributed by atoms with Gasteiger partial charge in [-0.2, -0.15) is 0 Å². The summed E-state index contributed by atoms with van der Waals surface area (Å²) in [6.07, 6.45) is 6.08. The molecule has 0 aliphatic heterocycles. The summed E-state index contributed by atoms with van der Waals surface area (Å²) in [5, 5.41) is 4.35. The monoisotopic (exact) mass is 304 g/mol. The molecule has 1 atom stereocenters. The lowest BCUT2D eigenvalue weighted by Crippen LogP contribution is -2.36.